The second-order valence-electron chi connectivity index (χ2n) is 3.14. The highest BCUT2D eigenvalue weighted by atomic mass is 28.2. The highest BCUT2D eigenvalue weighted by Crippen LogP contribution is 2.06. The van der Waals surface area contributed by atoms with Gasteiger partial charge in [0.1, 0.15) is 9.68 Å². The summed E-state index contributed by atoms with van der Waals surface area (Å²) in [5, 5.41) is 0. The fourth-order valence-corrected chi connectivity index (χ4v) is 1.76. The molecule has 0 aromatic heterocycles. The van der Waals surface area contributed by atoms with E-state index in [0.29, 0.717) is 0 Å². The maximum atomic E-state index is 3.48. The highest BCUT2D eigenvalue weighted by molar-refractivity contribution is 6.41. The second-order valence-corrected chi connectivity index (χ2v) is 5.54. The Morgan fingerprint density at radius 2 is 1.82 bits per heavy atom. The summed E-state index contributed by atoms with van der Waals surface area (Å²) in [4.78, 5) is 3.48. The second kappa shape index (κ2) is 4.19. The van der Waals surface area contributed by atoms with Gasteiger partial charge >= 0.3 is 0 Å². The first-order chi connectivity index (χ1) is 5.29. The topological polar surface area (TPSA) is 12.0 Å². The summed E-state index contributed by atoms with van der Waals surface area (Å²) >= 11 is 0. The molecule has 0 unspecified atom stereocenters. The Balaban J connectivity index is 2.39. The molecule has 2 heteroatoms. The third-order valence-corrected chi connectivity index (χ3v) is 2.92. The van der Waals surface area contributed by atoms with Crippen LogP contribution in [0.1, 0.15) is 13.8 Å². The van der Waals surface area contributed by atoms with Crippen molar-refractivity contribution in [3.8, 4) is 0 Å². The number of benzene rings is 1. The van der Waals surface area contributed by atoms with Gasteiger partial charge in [0.2, 0.25) is 0 Å². The first kappa shape index (κ1) is 8.33. The summed E-state index contributed by atoms with van der Waals surface area (Å²) in [7, 11) is -0.102. The van der Waals surface area contributed by atoms with E-state index in [1.165, 1.54) is 5.69 Å². The predicted octanol–water partition coefficient (Wildman–Crippen LogP) is 2.01. The maximum Gasteiger partial charge on any atom is 0.123 e. The molecule has 1 aromatic rings. The van der Waals surface area contributed by atoms with Crippen molar-refractivity contribution in [1.29, 1.82) is 0 Å². The fourth-order valence-electron chi connectivity index (χ4n) is 0.878. The molecule has 11 heavy (non-hydrogen) atoms. The van der Waals surface area contributed by atoms with Gasteiger partial charge in [0.05, 0.1) is 0 Å². The molecular weight excluding hydrogens is 150 g/mol. The van der Waals surface area contributed by atoms with Gasteiger partial charge in [-0.2, -0.15) is 0 Å². The van der Waals surface area contributed by atoms with Crippen molar-refractivity contribution in [2.24, 2.45) is 0 Å². The van der Waals surface area contributed by atoms with Crippen molar-refractivity contribution in [2.75, 3.05) is 4.98 Å². The summed E-state index contributed by atoms with van der Waals surface area (Å²) in [6, 6.07) is 10.4. The zero-order valence-electron chi connectivity index (χ0n) is 7.17. The largest absolute Gasteiger partial charge is 0.415 e. The van der Waals surface area contributed by atoms with Crippen LogP contribution < -0.4 is 4.98 Å². The van der Waals surface area contributed by atoms with E-state index in [0.717, 1.165) is 5.54 Å². The van der Waals surface area contributed by atoms with Crippen LogP contribution in [-0.2, 0) is 0 Å². The molecule has 1 N–H and O–H groups in total. The predicted molar refractivity (Wildman–Crippen MR) is 53.7 cm³/mol. The smallest absolute Gasteiger partial charge is 0.123 e. The molecule has 1 aromatic carbocycles. The average Bonchev–Trinajstić information content (AvgIpc) is 2.03. The first-order valence-electron chi connectivity index (χ1n) is 4.08. The van der Waals surface area contributed by atoms with Gasteiger partial charge in [-0.15, -0.1) is 0 Å². The lowest BCUT2D eigenvalue weighted by Crippen LogP contribution is -2.08. The van der Waals surface area contributed by atoms with Gasteiger partial charge in [-0.05, 0) is 17.7 Å². The van der Waals surface area contributed by atoms with Crippen LogP contribution in [0.15, 0.2) is 30.3 Å². The lowest BCUT2D eigenvalue weighted by molar-refractivity contribution is 1.06. The van der Waals surface area contributed by atoms with Crippen molar-refractivity contribution in [2.45, 2.75) is 19.4 Å². The van der Waals surface area contributed by atoms with E-state index in [4.69, 9.17) is 0 Å². The molecule has 0 aliphatic rings. The van der Waals surface area contributed by atoms with E-state index in [-0.39, 0.29) is 9.68 Å². The van der Waals surface area contributed by atoms with Crippen molar-refractivity contribution < 1.29 is 0 Å². The van der Waals surface area contributed by atoms with Crippen LogP contribution in [-0.4, -0.2) is 9.68 Å². The number of nitrogens with one attached hydrogen (secondary N) is 1. The van der Waals surface area contributed by atoms with Gasteiger partial charge in [0, 0.05) is 5.69 Å². The molecule has 1 rings (SSSR count). The summed E-state index contributed by atoms with van der Waals surface area (Å²) in [5.74, 6) is 0. The zero-order valence-corrected chi connectivity index (χ0v) is 8.59. The monoisotopic (exact) mass is 165 g/mol. The summed E-state index contributed by atoms with van der Waals surface area (Å²) in [6.45, 7) is 4.53. The molecule has 0 heterocycles. The number of para-hydroxylation sites is 1. The third-order valence-electron chi connectivity index (χ3n) is 1.49. The Morgan fingerprint density at radius 3 is 2.36 bits per heavy atom. The van der Waals surface area contributed by atoms with Crippen LogP contribution in [0.3, 0.4) is 0 Å². The van der Waals surface area contributed by atoms with Crippen molar-refractivity contribution >= 4 is 15.4 Å². The summed E-state index contributed by atoms with van der Waals surface area (Å²) in [5.41, 5.74) is 2.11. The third kappa shape index (κ3) is 3.23. The molecule has 0 aliphatic heterocycles. The SMILES string of the molecule is CC(C)[SiH2]Nc1ccccc1. The number of anilines is 1. The minimum atomic E-state index is -0.102. The Labute approximate surface area is 70.7 Å². The van der Waals surface area contributed by atoms with Gasteiger partial charge in [-0.25, -0.2) is 0 Å². The van der Waals surface area contributed by atoms with Gasteiger partial charge < -0.3 is 4.98 Å². The van der Waals surface area contributed by atoms with Crippen LogP contribution in [0, 0.1) is 0 Å². The molecule has 0 amide bonds. The minimum Gasteiger partial charge on any atom is -0.415 e. The highest BCUT2D eigenvalue weighted by Gasteiger charge is 1.93. The summed E-state index contributed by atoms with van der Waals surface area (Å²) < 4.78 is 0. The Bertz CT molecular complexity index is 196. The van der Waals surface area contributed by atoms with E-state index in [9.17, 15) is 0 Å². The maximum absolute atomic E-state index is 3.48. The molecule has 0 bridgehead atoms. The van der Waals surface area contributed by atoms with Crippen molar-refractivity contribution in [1.82, 2.24) is 0 Å². The van der Waals surface area contributed by atoms with Gasteiger partial charge in [0.25, 0.3) is 0 Å². The minimum absolute atomic E-state index is 0.102. The molecule has 0 saturated heterocycles. The molecule has 0 radical (unpaired) electrons. The Kier molecular flexibility index (Phi) is 3.17. The Hall–Kier alpha value is -0.763. The van der Waals surface area contributed by atoms with Gasteiger partial charge in [-0.1, -0.05) is 32.0 Å². The Morgan fingerprint density at radius 1 is 1.18 bits per heavy atom. The van der Waals surface area contributed by atoms with E-state index >= 15 is 0 Å². The van der Waals surface area contributed by atoms with Crippen LogP contribution in [0.5, 0.6) is 0 Å². The molecule has 0 atom stereocenters. The molecule has 0 spiro atoms. The van der Waals surface area contributed by atoms with Gasteiger partial charge in [-0.3, -0.25) is 0 Å². The van der Waals surface area contributed by atoms with E-state index in [1.54, 1.807) is 0 Å². The van der Waals surface area contributed by atoms with E-state index in [1.807, 2.05) is 6.07 Å². The average molecular weight is 165 g/mol. The normalized spacial score (nSPS) is 11.2. The van der Waals surface area contributed by atoms with Crippen LogP contribution in [0.2, 0.25) is 5.54 Å². The molecule has 0 aliphatic carbocycles. The first-order valence-corrected chi connectivity index (χ1v) is 5.60. The fraction of sp³-hybridized carbons (Fsp3) is 0.333. The molecule has 0 fully saturated rings. The molecule has 60 valence electrons. The number of rotatable bonds is 3. The molecule has 1 nitrogen and oxygen atoms in total. The number of hydrogen-bond donors (Lipinski definition) is 1. The van der Waals surface area contributed by atoms with Crippen molar-refractivity contribution in [3.63, 3.8) is 0 Å². The zero-order chi connectivity index (χ0) is 8.10. The lowest BCUT2D eigenvalue weighted by Gasteiger charge is -2.06. The quantitative estimate of drug-likeness (QED) is 0.676. The van der Waals surface area contributed by atoms with E-state index < -0.39 is 0 Å². The van der Waals surface area contributed by atoms with Crippen LogP contribution in [0.4, 0.5) is 5.69 Å². The standard InChI is InChI=1S/C9H15NSi/c1-8(2)11-10-9-6-4-3-5-7-9/h3-8,10H,11H2,1-2H3. The van der Waals surface area contributed by atoms with Crippen LogP contribution >= 0.6 is 0 Å². The van der Waals surface area contributed by atoms with Crippen molar-refractivity contribution in [3.05, 3.63) is 30.3 Å². The number of hydrogen-bond acceptors (Lipinski definition) is 1. The lowest BCUT2D eigenvalue weighted by atomic mass is 10.3. The molecule has 0 saturated carbocycles. The van der Waals surface area contributed by atoms with E-state index in [2.05, 4.69) is 43.1 Å². The molecular formula is C9H15NSi. The van der Waals surface area contributed by atoms with Gasteiger partial charge in [0.15, 0.2) is 0 Å². The summed E-state index contributed by atoms with van der Waals surface area (Å²) in [6.07, 6.45) is 0. The van der Waals surface area contributed by atoms with Crippen LogP contribution in [0.25, 0.3) is 0 Å².